The predicted octanol–water partition coefficient (Wildman–Crippen LogP) is -0.472. The third-order valence-electron chi connectivity index (χ3n) is 1.62. The molecule has 0 saturated heterocycles. The predicted molar refractivity (Wildman–Crippen MR) is 40.2 cm³/mol. The lowest BCUT2D eigenvalue weighted by Crippen LogP contribution is -2.38. The van der Waals surface area contributed by atoms with Gasteiger partial charge in [0.05, 0.1) is 5.88 Å². The third kappa shape index (κ3) is 0.972. The summed E-state index contributed by atoms with van der Waals surface area (Å²) in [4.78, 5) is 1.28. The van der Waals surface area contributed by atoms with Gasteiger partial charge in [0, 0.05) is 20.4 Å². The lowest BCUT2D eigenvalue weighted by atomic mass is 10.2. The van der Waals surface area contributed by atoms with Crippen molar-refractivity contribution in [3.05, 3.63) is 24.3 Å². The van der Waals surface area contributed by atoms with Crippen LogP contribution < -0.4 is 9.90 Å². The fraction of sp³-hybridized carbons (Fsp3) is 0.125. The second-order valence-corrected chi connectivity index (χ2v) is 2.51. The second-order valence-electron chi connectivity index (χ2n) is 2.51. The van der Waals surface area contributed by atoms with Crippen molar-refractivity contribution in [2.75, 3.05) is 0 Å². The van der Waals surface area contributed by atoms with Gasteiger partial charge in [0.1, 0.15) is 5.52 Å². The fourth-order valence-electron chi connectivity index (χ4n) is 1.11. The average Bonchev–Trinajstić information content (AvgIpc) is 2.04. The van der Waals surface area contributed by atoms with E-state index in [9.17, 15) is 5.11 Å². The van der Waals surface area contributed by atoms with Crippen LogP contribution in [0.1, 0.15) is 0 Å². The molecule has 0 spiro atoms. The Morgan fingerprint density at radius 1 is 1.25 bits per heavy atom. The minimum atomic E-state index is -0.233. The Kier molecular flexibility index (Phi) is 1.40. The first kappa shape index (κ1) is 6.97. The maximum absolute atomic E-state index is 11.2. The molecule has 0 aliphatic heterocycles. The maximum atomic E-state index is 11.2. The Morgan fingerprint density at radius 2 is 2.00 bits per heavy atom. The van der Waals surface area contributed by atoms with Gasteiger partial charge in [-0.15, -0.1) is 0 Å². The molecule has 1 aromatic heterocycles. The molecule has 0 atom stereocenters. The summed E-state index contributed by atoms with van der Waals surface area (Å²) >= 11 is 0. The molecule has 0 aliphatic carbocycles. The molecule has 0 amide bonds. The van der Waals surface area contributed by atoms with Gasteiger partial charge < -0.3 is 5.11 Å². The molecular formula is C8H7N3O. The molecule has 12 heavy (non-hydrogen) atoms. The van der Waals surface area contributed by atoms with Crippen LogP contribution in [0, 0.1) is 0 Å². The van der Waals surface area contributed by atoms with Crippen molar-refractivity contribution in [3.8, 4) is 5.88 Å². The highest BCUT2D eigenvalue weighted by atomic mass is 16.3. The minimum absolute atomic E-state index is 0.233. The highest BCUT2D eigenvalue weighted by Gasteiger charge is 2.01. The number of aryl methyl sites for hydroxylation is 1. The molecule has 0 radical (unpaired) electrons. The summed E-state index contributed by atoms with van der Waals surface area (Å²) in [5.74, 6) is -0.233. The molecule has 0 unspecified atom stereocenters. The lowest BCUT2D eigenvalue weighted by Gasteiger charge is -2.02. The molecule has 2 rings (SSSR count). The van der Waals surface area contributed by atoms with Crippen LogP contribution >= 0.6 is 0 Å². The van der Waals surface area contributed by atoms with Crippen molar-refractivity contribution in [2.45, 2.75) is 0 Å². The Hall–Kier alpha value is -1.71. The van der Waals surface area contributed by atoms with Gasteiger partial charge in [-0.05, 0) is 6.07 Å². The molecule has 4 nitrogen and oxygen atoms in total. The van der Waals surface area contributed by atoms with E-state index in [4.69, 9.17) is 0 Å². The van der Waals surface area contributed by atoms with E-state index in [2.05, 4.69) is 10.2 Å². The second kappa shape index (κ2) is 2.41. The first-order chi connectivity index (χ1) is 5.77. The molecule has 1 aromatic carbocycles. The van der Waals surface area contributed by atoms with Gasteiger partial charge in [0.2, 0.25) is 0 Å². The van der Waals surface area contributed by atoms with Gasteiger partial charge in [-0.25, -0.2) is 0 Å². The lowest BCUT2D eigenvalue weighted by molar-refractivity contribution is -0.787. The highest BCUT2D eigenvalue weighted by molar-refractivity contribution is 5.81. The van der Waals surface area contributed by atoms with Crippen molar-refractivity contribution in [2.24, 2.45) is 7.05 Å². The SMILES string of the molecule is C[n+]1nc([O-])c2ccccc2n1. The van der Waals surface area contributed by atoms with Gasteiger partial charge in [-0.1, -0.05) is 18.2 Å². The maximum Gasteiger partial charge on any atom is 0.193 e. The van der Waals surface area contributed by atoms with Gasteiger partial charge in [-0.2, -0.15) is 0 Å². The van der Waals surface area contributed by atoms with Gasteiger partial charge in [0.15, 0.2) is 7.05 Å². The number of benzene rings is 1. The zero-order chi connectivity index (χ0) is 8.55. The first-order valence-corrected chi connectivity index (χ1v) is 3.58. The summed E-state index contributed by atoms with van der Waals surface area (Å²) in [6.07, 6.45) is 0. The summed E-state index contributed by atoms with van der Waals surface area (Å²) in [5, 5.41) is 19.5. The van der Waals surface area contributed by atoms with Crippen LogP contribution in [-0.2, 0) is 7.05 Å². The average molecular weight is 161 g/mol. The molecule has 0 N–H and O–H groups in total. The van der Waals surface area contributed by atoms with Crippen molar-refractivity contribution in [1.29, 1.82) is 0 Å². The number of hydrogen-bond donors (Lipinski definition) is 0. The number of aromatic nitrogens is 3. The van der Waals surface area contributed by atoms with Crippen LogP contribution in [0.3, 0.4) is 0 Å². The zero-order valence-corrected chi connectivity index (χ0v) is 6.56. The number of hydrogen-bond acceptors (Lipinski definition) is 3. The summed E-state index contributed by atoms with van der Waals surface area (Å²) < 4.78 is 0. The van der Waals surface area contributed by atoms with Crippen LogP contribution in [0.25, 0.3) is 10.9 Å². The van der Waals surface area contributed by atoms with Crippen LogP contribution in [-0.4, -0.2) is 10.2 Å². The first-order valence-electron chi connectivity index (χ1n) is 3.58. The van der Waals surface area contributed by atoms with E-state index in [0.29, 0.717) is 10.9 Å². The molecule has 1 heterocycles. The molecule has 0 saturated carbocycles. The minimum Gasteiger partial charge on any atom is -0.854 e. The smallest absolute Gasteiger partial charge is 0.193 e. The summed E-state index contributed by atoms with van der Waals surface area (Å²) in [5.41, 5.74) is 0.681. The number of nitrogens with zero attached hydrogens (tertiary/aromatic N) is 3. The monoisotopic (exact) mass is 161 g/mol. The van der Waals surface area contributed by atoms with Crippen LogP contribution in [0.15, 0.2) is 24.3 Å². The van der Waals surface area contributed by atoms with Gasteiger partial charge in [-0.3, -0.25) is 0 Å². The van der Waals surface area contributed by atoms with E-state index < -0.39 is 0 Å². The molecule has 0 aliphatic rings. The largest absolute Gasteiger partial charge is 0.854 e. The van der Waals surface area contributed by atoms with Gasteiger partial charge in [0.25, 0.3) is 0 Å². The molecule has 0 bridgehead atoms. The summed E-state index contributed by atoms with van der Waals surface area (Å²) in [7, 11) is 1.63. The zero-order valence-electron chi connectivity index (χ0n) is 6.56. The van der Waals surface area contributed by atoms with Crippen LogP contribution in [0.5, 0.6) is 5.88 Å². The molecular weight excluding hydrogens is 154 g/mol. The quantitative estimate of drug-likeness (QED) is 0.491. The van der Waals surface area contributed by atoms with Crippen molar-refractivity contribution in [1.82, 2.24) is 10.2 Å². The summed E-state index contributed by atoms with van der Waals surface area (Å²) in [6.45, 7) is 0. The number of fused-ring (bicyclic) bond motifs is 1. The van der Waals surface area contributed by atoms with Crippen molar-refractivity contribution >= 4 is 10.9 Å². The molecule has 0 fully saturated rings. The number of rotatable bonds is 0. The van der Waals surface area contributed by atoms with Crippen LogP contribution in [0.2, 0.25) is 0 Å². The van der Waals surface area contributed by atoms with E-state index in [0.717, 1.165) is 0 Å². The Balaban J connectivity index is 2.89. The van der Waals surface area contributed by atoms with Gasteiger partial charge >= 0.3 is 0 Å². The third-order valence-corrected chi connectivity index (χ3v) is 1.62. The summed E-state index contributed by atoms with van der Waals surface area (Å²) in [6, 6.07) is 7.15. The normalized spacial score (nSPS) is 10.4. The Bertz CT molecular complexity index is 428. The van der Waals surface area contributed by atoms with Crippen molar-refractivity contribution in [3.63, 3.8) is 0 Å². The fourth-order valence-corrected chi connectivity index (χ4v) is 1.11. The van der Waals surface area contributed by atoms with Crippen molar-refractivity contribution < 1.29 is 9.90 Å². The van der Waals surface area contributed by atoms with E-state index in [1.807, 2.05) is 6.07 Å². The molecule has 4 heteroatoms. The Morgan fingerprint density at radius 3 is 2.83 bits per heavy atom. The Labute approximate surface area is 69.1 Å². The van der Waals surface area contributed by atoms with E-state index in [1.54, 1.807) is 25.2 Å². The topological polar surface area (TPSA) is 52.7 Å². The molecule has 60 valence electrons. The highest BCUT2D eigenvalue weighted by Crippen LogP contribution is 2.14. The standard InChI is InChI=1S/C8H7N3O/c1-11-9-7-5-3-2-4-6(7)8(12)10-11/h2-5H,1H3. The van der Waals surface area contributed by atoms with E-state index in [-0.39, 0.29) is 5.88 Å². The molecule has 2 aromatic rings. The van der Waals surface area contributed by atoms with Crippen LogP contribution in [0.4, 0.5) is 0 Å². The van der Waals surface area contributed by atoms with E-state index in [1.165, 1.54) is 4.80 Å². The van der Waals surface area contributed by atoms with E-state index >= 15 is 0 Å².